The molecule has 4 nitrogen and oxygen atoms in total. The van der Waals surface area contributed by atoms with Gasteiger partial charge in [-0.3, -0.25) is 4.79 Å². The SMILES string of the molecule is CC(C)c1ncnc2[nH]ccc(=O)c12. The Morgan fingerprint density at radius 3 is 2.86 bits per heavy atom. The van der Waals surface area contributed by atoms with Gasteiger partial charge in [0.05, 0.1) is 11.1 Å². The van der Waals surface area contributed by atoms with Crippen LogP contribution >= 0.6 is 0 Å². The maximum atomic E-state index is 11.6. The minimum atomic E-state index is -0.0250. The molecule has 0 aliphatic carbocycles. The largest absolute Gasteiger partial charge is 0.346 e. The highest BCUT2D eigenvalue weighted by atomic mass is 16.1. The monoisotopic (exact) mass is 189 g/mol. The number of hydrogen-bond acceptors (Lipinski definition) is 3. The zero-order chi connectivity index (χ0) is 10.1. The van der Waals surface area contributed by atoms with Gasteiger partial charge in [-0.2, -0.15) is 0 Å². The lowest BCUT2D eigenvalue weighted by Gasteiger charge is -2.05. The molecule has 0 saturated heterocycles. The van der Waals surface area contributed by atoms with Gasteiger partial charge < -0.3 is 4.98 Å². The summed E-state index contributed by atoms with van der Waals surface area (Å²) in [5.74, 6) is 0.226. The molecule has 0 fully saturated rings. The van der Waals surface area contributed by atoms with Gasteiger partial charge in [-0.1, -0.05) is 13.8 Å². The fraction of sp³-hybridized carbons (Fsp3) is 0.300. The van der Waals surface area contributed by atoms with Gasteiger partial charge in [-0.15, -0.1) is 0 Å². The van der Waals surface area contributed by atoms with Crippen molar-refractivity contribution in [1.82, 2.24) is 15.0 Å². The maximum absolute atomic E-state index is 11.6. The van der Waals surface area contributed by atoms with Crippen molar-refractivity contribution in [1.29, 1.82) is 0 Å². The van der Waals surface area contributed by atoms with Crippen LogP contribution in [0.2, 0.25) is 0 Å². The normalized spacial score (nSPS) is 11.1. The van der Waals surface area contributed by atoms with Crippen molar-refractivity contribution in [2.45, 2.75) is 19.8 Å². The van der Waals surface area contributed by atoms with E-state index in [0.717, 1.165) is 5.69 Å². The molecule has 0 saturated carbocycles. The number of hydrogen-bond donors (Lipinski definition) is 1. The van der Waals surface area contributed by atoms with Crippen molar-refractivity contribution in [3.05, 3.63) is 34.5 Å². The van der Waals surface area contributed by atoms with E-state index in [9.17, 15) is 4.79 Å². The van der Waals surface area contributed by atoms with Crippen molar-refractivity contribution in [2.75, 3.05) is 0 Å². The third kappa shape index (κ3) is 1.28. The summed E-state index contributed by atoms with van der Waals surface area (Å²) in [6.07, 6.45) is 3.08. The minimum Gasteiger partial charge on any atom is -0.346 e. The van der Waals surface area contributed by atoms with Gasteiger partial charge in [-0.25, -0.2) is 9.97 Å². The second-order valence-corrected chi connectivity index (χ2v) is 3.48. The van der Waals surface area contributed by atoms with Crippen LogP contribution in [-0.2, 0) is 0 Å². The summed E-state index contributed by atoms with van der Waals surface area (Å²) in [6, 6.07) is 1.50. The molecule has 0 amide bonds. The van der Waals surface area contributed by atoms with Gasteiger partial charge >= 0.3 is 0 Å². The lowest BCUT2D eigenvalue weighted by atomic mass is 10.1. The Balaban J connectivity index is 2.91. The van der Waals surface area contributed by atoms with Crippen molar-refractivity contribution in [3.63, 3.8) is 0 Å². The molecule has 0 aliphatic heterocycles. The Bertz CT molecular complexity index is 511. The third-order valence-electron chi connectivity index (χ3n) is 2.12. The summed E-state index contributed by atoms with van der Waals surface area (Å²) in [6.45, 7) is 4.02. The first kappa shape index (κ1) is 8.87. The molecule has 0 unspecified atom stereocenters. The van der Waals surface area contributed by atoms with Crippen molar-refractivity contribution >= 4 is 11.0 Å². The fourth-order valence-electron chi connectivity index (χ4n) is 1.47. The molecule has 0 aliphatic rings. The lowest BCUT2D eigenvalue weighted by Crippen LogP contribution is -2.07. The second kappa shape index (κ2) is 3.21. The number of fused-ring (bicyclic) bond motifs is 1. The predicted molar refractivity (Wildman–Crippen MR) is 54.2 cm³/mol. The Morgan fingerprint density at radius 1 is 1.36 bits per heavy atom. The summed E-state index contributed by atoms with van der Waals surface area (Å²) in [5.41, 5.74) is 1.39. The van der Waals surface area contributed by atoms with E-state index in [1.807, 2.05) is 13.8 Å². The predicted octanol–water partition coefficient (Wildman–Crippen LogP) is 1.44. The highest BCUT2D eigenvalue weighted by Gasteiger charge is 2.09. The van der Waals surface area contributed by atoms with Crippen LogP contribution in [-0.4, -0.2) is 15.0 Å². The molecular formula is C10H11N3O. The molecule has 0 bridgehead atoms. The molecule has 0 radical (unpaired) electrons. The van der Waals surface area contributed by atoms with Gasteiger partial charge in [0, 0.05) is 12.3 Å². The van der Waals surface area contributed by atoms with Crippen molar-refractivity contribution in [3.8, 4) is 0 Å². The zero-order valence-electron chi connectivity index (χ0n) is 8.11. The first-order chi connectivity index (χ1) is 6.70. The van der Waals surface area contributed by atoms with Crippen LogP contribution in [0.3, 0.4) is 0 Å². The molecule has 2 rings (SSSR count). The maximum Gasteiger partial charge on any atom is 0.192 e. The van der Waals surface area contributed by atoms with Crippen LogP contribution in [0.25, 0.3) is 11.0 Å². The molecule has 0 aromatic carbocycles. The Kier molecular flexibility index (Phi) is 2.04. The quantitative estimate of drug-likeness (QED) is 0.738. The third-order valence-corrected chi connectivity index (χ3v) is 2.12. The van der Waals surface area contributed by atoms with E-state index in [-0.39, 0.29) is 11.3 Å². The van der Waals surface area contributed by atoms with Gasteiger partial charge in [0.1, 0.15) is 12.0 Å². The van der Waals surface area contributed by atoms with E-state index in [1.54, 1.807) is 6.20 Å². The van der Waals surface area contributed by atoms with Crippen LogP contribution in [0.1, 0.15) is 25.5 Å². The number of pyridine rings is 1. The average Bonchev–Trinajstić information content (AvgIpc) is 2.17. The van der Waals surface area contributed by atoms with Gasteiger partial charge in [-0.05, 0) is 5.92 Å². The standard InChI is InChI=1S/C10H11N3O/c1-6(2)9-8-7(14)3-4-11-10(8)13-5-12-9/h3-6H,1-2H3,(H,11,12,13,14). The lowest BCUT2D eigenvalue weighted by molar-refractivity contribution is 0.826. The topological polar surface area (TPSA) is 58.6 Å². The molecule has 2 aromatic rings. The highest BCUT2D eigenvalue weighted by Crippen LogP contribution is 2.16. The number of aromatic nitrogens is 3. The first-order valence-electron chi connectivity index (χ1n) is 4.52. The number of aromatic amines is 1. The highest BCUT2D eigenvalue weighted by molar-refractivity contribution is 5.76. The van der Waals surface area contributed by atoms with Gasteiger partial charge in [0.15, 0.2) is 5.43 Å². The molecule has 72 valence electrons. The van der Waals surface area contributed by atoms with Gasteiger partial charge in [0.2, 0.25) is 0 Å². The van der Waals surface area contributed by atoms with Crippen molar-refractivity contribution in [2.24, 2.45) is 0 Å². The van der Waals surface area contributed by atoms with E-state index < -0.39 is 0 Å². The summed E-state index contributed by atoms with van der Waals surface area (Å²) < 4.78 is 0. The Labute approximate surface area is 81.0 Å². The summed E-state index contributed by atoms with van der Waals surface area (Å²) in [7, 11) is 0. The number of nitrogens with one attached hydrogen (secondary N) is 1. The van der Waals surface area contributed by atoms with E-state index in [0.29, 0.717) is 11.0 Å². The summed E-state index contributed by atoms with van der Waals surface area (Å²) >= 11 is 0. The number of rotatable bonds is 1. The first-order valence-corrected chi connectivity index (χ1v) is 4.52. The molecule has 2 aromatic heterocycles. The van der Waals surface area contributed by atoms with E-state index in [4.69, 9.17) is 0 Å². The molecule has 0 spiro atoms. The van der Waals surface area contributed by atoms with Crippen LogP contribution in [0, 0.1) is 0 Å². The molecule has 4 heteroatoms. The molecule has 1 N–H and O–H groups in total. The van der Waals surface area contributed by atoms with E-state index >= 15 is 0 Å². The number of H-pyrrole nitrogens is 1. The number of nitrogens with zero attached hydrogens (tertiary/aromatic N) is 2. The Morgan fingerprint density at radius 2 is 2.14 bits per heavy atom. The summed E-state index contributed by atoms with van der Waals surface area (Å²) in [4.78, 5) is 22.7. The molecule has 14 heavy (non-hydrogen) atoms. The second-order valence-electron chi connectivity index (χ2n) is 3.48. The fourth-order valence-corrected chi connectivity index (χ4v) is 1.47. The Hall–Kier alpha value is -1.71. The molecule has 2 heterocycles. The van der Waals surface area contributed by atoms with Crippen LogP contribution in [0.15, 0.2) is 23.4 Å². The van der Waals surface area contributed by atoms with Crippen LogP contribution < -0.4 is 5.43 Å². The molecule has 0 atom stereocenters. The van der Waals surface area contributed by atoms with E-state index in [1.165, 1.54) is 12.4 Å². The van der Waals surface area contributed by atoms with Crippen molar-refractivity contribution < 1.29 is 0 Å². The zero-order valence-corrected chi connectivity index (χ0v) is 8.11. The van der Waals surface area contributed by atoms with E-state index in [2.05, 4.69) is 15.0 Å². The summed E-state index contributed by atoms with van der Waals surface area (Å²) in [5, 5.41) is 0.602. The van der Waals surface area contributed by atoms with Crippen LogP contribution in [0.5, 0.6) is 0 Å². The minimum absolute atomic E-state index is 0.0250. The smallest absolute Gasteiger partial charge is 0.192 e. The molecular weight excluding hydrogens is 178 g/mol. The average molecular weight is 189 g/mol. The van der Waals surface area contributed by atoms with Gasteiger partial charge in [0.25, 0.3) is 0 Å². The van der Waals surface area contributed by atoms with Crippen LogP contribution in [0.4, 0.5) is 0 Å².